The quantitative estimate of drug-likeness (QED) is 0.557. The Kier molecular flexibility index (Phi) is 7.22. The Morgan fingerprint density at radius 3 is 2.39 bits per heavy atom. The number of benzene rings is 1. The second-order valence-corrected chi connectivity index (χ2v) is 11.7. The van der Waals surface area contributed by atoms with Crippen molar-refractivity contribution in [2.75, 3.05) is 19.7 Å². The van der Waals surface area contributed by atoms with Crippen LogP contribution in [0.3, 0.4) is 0 Å². The maximum absolute atomic E-state index is 14.4. The van der Waals surface area contributed by atoms with Crippen molar-refractivity contribution in [2.45, 2.75) is 70.5 Å². The lowest BCUT2D eigenvalue weighted by Gasteiger charge is -2.39. The van der Waals surface area contributed by atoms with Gasteiger partial charge in [-0.1, -0.05) is 68.5 Å². The summed E-state index contributed by atoms with van der Waals surface area (Å²) in [6, 6.07) is 8.23. The van der Waals surface area contributed by atoms with E-state index in [0.717, 1.165) is 5.56 Å². The van der Waals surface area contributed by atoms with Crippen molar-refractivity contribution in [2.24, 2.45) is 17.8 Å². The normalized spacial score (nSPS) is 31.6. The summed E-state index contributed by atoms with van der Waals surface area (Å²) in [5.74, 6) is -2.02. The average Bonchev–Trinajstić information content (AvgIpc) is 3.20. The smallest absolute Gasteiger partial charge is 0.249 e. The second-order valence-electron chi connectivity index (χ2n) is 11.7. The Morgan fingerprint density at radius 2 is 1.74 bits per heavy atom. The summed E-state index contributed by atoms with van der Waals surface area (Å²) in [7, 11) is 0. The van der Waals surface area contributed by atoms with Gasteiger partial charge in [-0.15, -0.1) is 0 Å². The molecule has 0 aromatic heterocycles. The molecular formula is C30H39N3O5. The number of carbonyl (C=O) groups is 3. The SMILES string of the molecule is CC(C)C[C@H](CO)N1C(=O)[C@@H]2[C@@H]3C(=O)N(Cc4ccccc4)CC=C[C@@H]3O[C@@]23C=CCN(C(C)C)C(=O)C13. The third kappa shape index (κ3) is 4.28. The van der Waals surface area contributed by atoms with E-state index in [2.05, 4.69) is 0 Å². The number of rotatable bonds is 7. The fourth-order valence-corrected chi connectivity index (χ4v) is 6.77. The topological polar surface area (TPSA) is 90.4 Å². The van der Waals surface area contributed by atoms with Crippen LogP contribution in [-0.2, 0) is 25.7 Å². The zero-order chi connectivity index (χ0) is 27.2. The van der Waals surface area contributed by atoms with E-state index >= 15 is 0 Å². The highest BCUT2D eigenvalue weighted by atomic mass is 16.5. The van der Waals surface area contributed by atoms with Crippen LogP contribution >= 0.6 is 0 Å². The molecule has 3 amide bonds. The molecule has 2 fully saturated rings. The molecule has 1 aromatic carbocycles. The second kappa shape index (κ2) is 10.3. The van der Waals surface area contributed by atoms with Crippen LogP contribution in [0.25, 0.3) is 0 Å². The summed E-state index contributed by atoms with van der Waals surface area (Å²) in [4.78, 5) is 47.7. The molecule has 1 spiro atoms. The van der Waals surface area contributed by atoms with Crippen molar-refractivity contribution < 1.29 is 24.2 Å². The monoisotopic (exact) mass is 521 g/mol. The fraction of sp³-hybridized carbons (Fsp3) is 0.567. The molecule has 4 aliphatic rings. The molecule has 8 heteroatoms. The summed E-state index contributed by atoms with van der Waals surface area (Å²) in [6.45, 7) is 8.96. The van der Waals surface area contributed by atoms with E-state index in [1.165, 1.54) is 0 Å². The van der Waals surface area contributed by atoms with E-state index in [4.69, 9.17) is 4.74 Å². The van der Waals surface area contributed by atoms with Gasteiger partial charge in [-0.05, 0) is 31.7 Å². The number of nitrogens with zero attached hydrogens (tertiary/aromatic N) is 3. The van der Waals surface area contributed by atoms with Crippen LogP contribution in [0.5, 0.6) is 0 Å². The van der Waals surface area contributed by atoms with Crippen molar-refractivity contribution in [1.29, 1.82) is 0 Å². The molecule has 0 aliphatic carbocycles. The first kappa shape index (κ1) is 26.6. The van der Waals surface area contributed by atoms with E-state index in [0.29, 0.717) is 26.1 Å². The van der Waals surface area contributed by atoms with Crippen LogP contribution in [0.2, 0.25) is 0 Å². The van der Waals surface area contributed by atoms with E-state index in [1.807, 2.05) is 82.3 Å². The molecule has 204 valence electrons. The van der Waals surface area contributed by atoms with Gasteiger partial charge in [0.2, 0.25) is 17.7 Å². The van der Waals surface area contributed by atoms with Crippen LogP contribution in [0.15, 0.2) is 54.6 Å². The summed E-state index contributed by atoms with van der Waals surface area (Å²) in [5, 5.41) is 10.4. The lowest BCUT2D eigenvalue weighted by molar-refractivity contribution is -0.152. The number of likely N-dealkylation sites (tertiary alicyclic amines) is 1. The maximum atomic E-state index is 14.4. The van der Waals surface area contributed by atoms with Gasteiger partial charge in [0.25, 0.3) is 0 Å². The van der Waals surface area contributed by atoms with E-state index in [1.54, 1.807) is 14.7 Å². The molecule has 4 heterocycles. The first-order chi connectivity index (χ1) is 18.2. The number of fused-ring (bicyclic) bond motifs is 2. The largest absolute Gasteiger partial charge is 0.394 e. The standard InChI is InChI=1S/C30H39N3O5/c1-19(2)16-22(18-34)33-26-29(37)32(20(3)4)15-9-13-30(26)25(28(33)36)24-23(38-30)12-8-14-31(27(24)35)17-21-10-6-5-7-11-21/h5-13,19-20,22-26,34H,14-18H2,1-4H3/t22-,23+,24-,25+,26?,30+/m1/s1. The molecule has 4 aliphatic heterocycles. The predicted molar refractivity (Wildman–Crippen MR) is 143 cm³/mol. The van der Waals surface area contributed by atoms with Crippen LogP contribution in [0, 0.1) is 17.8 Å². The van der Waals surface area contributed by atoms with Crippen LogP contribution in [0.1, 0.15) is 39.7 Å². The van der Waals surface area contributed by atoms with Gasteiger partial charge in [-0.2, -0.15) is 0 Å². The molecule has 0 radical (unpaired) electrons. The van der Waals surface area contributed by atoms with Gasteiger partial charge in [-0.3, -0.25) is 14.4 Å². The summed E-state index contributed by atoms with van der Waals surface area (Å²) in [6.07, 6.45) is 7.51. The van der Waals surface area contributed by atoms with Crippen molar-refractivity contribution >= 4 is 17.7 Å². The van der Waals surface area contributed by atoms with Gasteiger partial charge in [0.05, 0.1) is 30.6 Å². The summed E-state index contributed by atoms with van der Waals surface area (Å²) < 4.78 is 6.70. The van der Waals surface area contributed by atoms with E-state index in [9.17, 15) is 19.5 Å². The minimum atomic E-state index is -1.27. The van der Waals surface area contributed by atoms with Gasteiger partial charge in [0, 0.05) is 25.7 Å². The molecule has 2 saturated heterocycles. The highest BCUT2D eigenvalue weighted by Crippen LogP contribution is 2.54. The van der Waals surface area contributed by atoms with Crippen molar-refractivity contribution in [3.05, 3.63) is 60.2 Å². The zero-order valence-electron chi connectivity index (χ0n) is 22.7. The zero-order valence-corrected chi connectivity index (χ0v) is 22.7. The van der Waals surface area contributed by atoms with Crippen LogP contribution in [0.4, 0.5) is 0 Å². The molecule has 1 unspecified atom stereocenters. The Bertz CT molecular complexity index is 1130. The molecule has 38 heavy (non-hydrogen) atoms. The van der Waals surface area contributed by atoms with Gasteiger partial charge in [0.15, 0.2) is 0 Å². The number of carbonyl (C=O) groups excluding carboxylic acids is 3. The van der Waals surface area contributed by atoms with Crippen molar-refractivity contribution in [3.8, 4) is 0 Å². The third-order valence-electron chi connectivity index (χ3n) is 8.40. The minimum Gasteiger partial charge on any atom is -0.394 e. The Balaban J connectivity index is 1.58. The summed E-state index contributed by atoms with van der Waals surface area (Å²) >= 11 is 0. The van der Waals surface area contributed by atoms with Gasteiger partial charge < -0.3 is 24.5 Å². The average molecular weight is 522 g/mol. The van der Waals surface area contributed by atoms with E-state index < -0.39 is 35.6 Å². The molecule has 5 rings (SSSR count). The lowest BCUT2D eigenvalue weighted by atomic mass is 9.77. The molecule has 8 nitrogen and oxygen atoms in total. The minimum absolute atomic E-state index is 0.0780. The first-order valence-electron chi connectivity index (χ1n) is 13.8. The molecule has 1 aromatic rings. The maximum Gasteiger partial charge on any atom is 0.249 e. The highest BCUT2D eigenvalue weighted by Gasteiger charge is 2.72. The Labute approximate surface area is 224 Å². The van der Waals surface area contributed by atoms with Gasteiger partial charge in [0.1, 0.15) is 11.6 Å². The van der Waals surface area contributed by atoms with Gasteiger partial charge in [-0.25, -0.2) is 0 Å². The van der Waals surface area contributed by atoms with Crippen molar-refractivity contribution in [3.63, 3.8) is 0 Å². The first-order valence-corrected chi connectivity index (χ1v) is 13.8. The van der Waals surface area contributed by atoms with Crippen molar-refractivity contribution in [1.82, 2.24) is 14.7 Å². The van der Waals surface area contributed by atoms with Gasteiger partial charge >= 0.3 is 0 Å². The Hall–Kier alpha value is -2.97. The van der Waals surface area contributed by atoms with E-state index in [-0.39, 0.29) is 36.3 Å². The number of ether oxygens (including phenoxy) is 1. The molecule has 0 saturated carbocycles. The summed E-state index contributed by atoms with van der Waals surface area (Å²) in [5.41, 5.74) is -0.263. The number of aliphatic hydroxyl groups excluding tert-OH is 1. The van der Waals surface area contributed by atoms with Crippen LogP contribution < -0.4 is 0 Å². The number of hydrogen-bond donors (Lipinski definition) is 1. The van der Waals surface area contributed by atoms with Crippen LogP contribution in [-0.4, -0.2) is 87.1 Å². The number of hydrogen-bond acceptors (Lipinski definition) is 5. The third-order valence-corrected chi connectivity index (χ3v) is 8.40. The highest BCUT2D eigenvalue weighted by molar-refractivity contribution is 6.00. The molecule has 6 atom stereocenters. The fourth-order valence-electron chi connectivity index (χ4n) is 6.77. The lowest BCUT2D eigenvalue weighted by Crippen LogP contribution is -2.59. The Morgan fingerprint density at radius 1 is 1.00 bits per heavy atom. The molecule has 0 bridgehead atoms. The number of aliphatic hydroxyl groups is 1. The molecular weight excluding hydrogens is 482 g/mol. The predicted octanol–water partition coefficient (Wildman–Crippen LogP) is 2.38. The number of amides is 3. The molecule has 1 N–H and O–H groups in total.